The summed E-state index contributed by atoms with van der Waals surface area (Å²) < 4.78 is 23.0. The number of hydrogen-bond acceptors (Lipinski definition) is 5. The second-order valence-electron chi connectivity index (χ2n) is 5.92. The first-order valence-corrected chi connectivity index (χ1v) is 10.6. The monoisotopic (exact) mass is 378 g/mol. The predicted molar refractivity (Wildman–Crippen MR) is 96.6 cm³/mol. The number of thiophene rings is 1. The Hall–Kier alpha value is -2.19. The van der Waals surface area contributed by atoms with Gasteiger partial charge in [-0.2, -0.15) is 0 Å². The minimum absolute atomic E-state index is 0.125. The molecule has 1 aromatic carbocycles. The van der Waals surface area contributed by atoms with Crippen LogP contribution < -0.4 is 5.32 Å². The largest absolute Gasteiger partial charge is 0.326 e. The number of hydrogen-bond donors (Lipinski definition) is 1. The fraction of sp³-hybridized carbons (Fsp3) is 0.294. The summed E-state index contributed by atoms with van der Waals surface area (Å²) in [6.07, 6.45) is 2.53. The highest BCUT2D eigenvalue weighted by Gasteiger charge is 2.34. The second-order valence-corrected chi connectivity index (χ2v) is 8.88. The molecule has 132 valence electrons. The van der Waals surface area contributed by atoms with Crippen LogP contribution in [0.25, 0.3) is 0 Å². The average Bonchev–Trinajstić information content (AvgIpc) is 3.25. The Kier molecular flexibility index (Phi) is 4.91. The molecule has 0 radical (unpaired) electrons. The number of amides is 2. The van der Waals surface area contributed by atoms with Crippen molar-refractivity contribution in [1.29, 1.82) is 0 Å². The second kappa shape index (κ2) is 6.97. The quantitative estimate of drug-likeness (QED) is 0.885. The summed E-state index contributed by atoms with van der Waals surface area (Å²) in [5.41, 5.74) is 0.507. The SMILES string of the molecule is CS(=O)(=O)c1ccc(NC(=O)C2CCCN2C(=O)c2cccs2)cc1. The van der Waals surface area contributed by atoms with Gasteiger partial charge in [0.15, 0.2) is 9.84 Å². The highest BCUT2D eigenvalue weighted by atomic mass is 32.2. The van der Waals surface area contributed by atoms with Gasteiger partial charge in [-0.05, 0) is 48.6 Å². The van der Waals surface area contributed by atoms with Crippen LogP contribution in [0.15, 0.2) is 46.7 Å². The van der Waals surface area contributed by atoms with Gasteiger partial charge < -0.3 is 10.2 Å². The zero-order valence-electron chi connectivity index (χ0n) is 13.6. The maximum absolute atomic E-state index is 12.6. The predicted octanol–water partition coefficient (Wildman–Crippen LogP) is 2.39. The molecular formula is C17H18N2O4S2. The zero-order chi connectivity index (χ0) is 18.0. The number of nitrogens with zero attached hydrogens (tertiary/aromatic N) is 1. The topological polar surface area (TPSA) is 83.6 Å². The lowest BCUT2D eigenvalue weighted by atomic mass is 10.2. The summed E-state index contributed by atoms with van der Waals surface area (Å²) in [6, 6.07) is 9.06. The van der Waals surface area contributed by atoms with Crippen molar-refractivity contribution < 1.29 is 18.0 Å². The summed E-state index contributed by atoms with van der Waals surface area (Å²) in [5, 5.41) is 4.60. The fourth-order valence-corrected chi connectivity index (χ4v) is 4.14. The Labute approximate surface area is 150 Å². The van der Waals surface area contributed by atoms with Crippen molar-refractivity contribution in [1.82, 2.24) is 4.90 Å². The van der Waals surface area contributed by atoms with Gasteiger partial charge in [-0.3, -0.25) is 9.59 Å². The maximum atomic E-state index is 12.6. The van der Waals surface area contributed by atoms with E-state index >= 15 is 0 Å². The Balaban J connectivity index is 1.71. The van der Waals surface area contributed by atoms with Gasteiger partial charge in [0.05, 0.1) is 9.77 Å². The number of carbonyl (C=O) groups excluding carboxylic acids is 2. The van der Waals surface area contributed by atoms with Crippen molar-refractivity contribution in [3.63, 3.8) is 0 Å². The fourth-order valence-electron chi connectivity index (χ4n) is 2.84. The van der Waals surface area contributed by atoms with E-state index in [-0.39, 0.29) is 16.7 Å². The molecule has 1 N–H and O–H groups in total. The molecule has 1 aliphatic rings. The average molecular weight is 378 g/mol. The van der Waals surface area contributed by atoms with E-state index in [9.17, 15) is 18.0 Å². The number of benzene rings is 1. The van der Waals surface area contributed by atoms with Crippen molar-refractivity contribution in [2.45, 2.75) is 23.8 Å². The number of sulfone groups is 1. The van der Waals surface area contributed by atoms with Gasteiger partial charge in [0.2, 0.25) is 5.91 Å². The first-order valence-electron chi connectivity index (χ1n) is 7.82. The van der Waals surface area contributed by atoms with E-state index in [2.05, 4.69) is 5.32 Å². The van der Waals surface area contributed by atoms with E-state index in [0.29, 0.717) is 23.5 Å². The molecule has 0 spiro atoms. The van der Waals surface area contributed by atoms with Gasteiger partial charge in [-0.15, -0.1) is 11.3 Å². The van der Waals surface area contributed by atoms with Crippen molar-refractivity contribution in [3.8, 4) is 0 Å². The normalized spacial score (nSPS) is 17.5. The minimum atomic E-state index is -3.27. The number of rotatable bonds is 4. The van der Waals surface area contributed by atoms with E-state index in [4.69, 9.17) is 0 Å². The number of carbonyl (C=O) groups is 2. The molecule has 2 aromatic rings. The number of anilines is 1. The van der Waals surface area contributed by atoms with E-state index < -0.39 is 15.9 Å². The molecule has 2 heterocycles. The lowest BCUT2D eigenvalue weighted by molar-refractivity contribution is -0.119. The van der Waals surface area contributed by atoms with Crippen molar-refractivity contribution >= 4 is 38.7 Å². The molecule has 1 atom stereocenters. The van der Waals surface area contributed by atoms with E-state index in [1.54, 1.807) is 23.1 Å². The number of likely N-dealkylation sites (tertiary alicyclic amines) is 1. The van der Waals surface area contributed by atoms with Gasteiger partial charge in [0, 0.05) is 18.5 Å². The lowest BCUT2D eigenvalue weighted by Gasteiger charge is -2.23. The van der Waals surface area contributed by atoms with Crippen LogP contribution in [0.1, 0.15) is 22.5 Å². The highest BCUT2D eigenvalue weighted by Crippen LogP contribution is 2.23. The molecule has 1 fully saturated rings. The third kappa shape index (κ3) is 3.91. The van der Waals surface area contributed by atoms with Crippen LogP contribution in [0.5, 0.6) is 0 Å². The maximum Gasteiger partial charge on any atom is 0.264 e. The minimum Gasteiger partial charge on any atom is -0.326 e. The zero-order valence-corrected chi connectivity index (χ0v) is 15.3. The van der Waals surface area contributed by atoms with Crippen molar-refractivity contribution in [3.05, 3.63) is 46.7 Å². The van der Waals surface area contributed by atoms with Crippen molar-refractivity contribution in [2.24, 2.45) is 0 Å². The third-order valence-electron chi connectivity index (χ3n) is 4.10. The van der Waals surface area contributed by atoms with Gasteiger partial charge in [-0.1, -0.05) is 6.07 Å². The van der Waals surface area contributed by atoms with Crippen LogP contribution in [0.4, 0.5) is 5.69 Å². The van der Waals surface area contributed by atoms with Crippen molar-refractivity contribution in [2.75, 3.05) is 18.1 Å². The summed E-state index contributed by atoms with van der Waals surface area (Å²) >= 11 is 1.36. The Morgan fingerprint density at radius 3 is 2.52 bits per heavy atom. The molecule has 1 aliphatic heterocycles. The molecule has 1 saturated heterocycles. The molecule has 6 nitrogen and oxygen atoms in total. The van der Waals surface area contributed by atoms with Crippen LogP contribution in [-0.4, -0.2) is 44.0 Å². The van der Waals surface area contributed by atoms with E-state index in [1.165, 1.54) is 23.5 Å². The summed E-state index contributed by atoms with van der Waals surface area (Å²) in [5.74, 6) is -0.380. The number of nitrogens with one attached hydrogen (secondary N) is 1. The summed E-state index contributed by atoms with van der Waals surface area (Å²) in [4.78, 5) is 27.5. The molecule has 0 saturated carbocycles. The first kappa shape index (κ1) is 17.6. The molecule has 25 heavy (non-hydrogen) atoms. The first-order chi connectivity index (χ1) is 11.9. The van der Waals surface area contributed by atoms with Crippen LogP contribution in [0, 0.1) is 0 Å². The molecular weight excluding hydrogens is 360 g/mol. The van der Waals surface area contributed by atoms with Gasteiger partial charge >= 0.3 is 0 Å². The Morgan fingerprint density at radius 1 is 1.20 bits per heavy atom. The van der Waals surface area contributed by atoms with Gasteiger partial charge in [0.25, 0.3) is 5.91 Å². The van der Waals surface area contributed by atoms with Crippen LogP contribution >= 0.6 is 11.3 Å². The van der Waals surface area contributed by atoms with Crippen LogP contribution in [-0.2, 0) is 14.6 Å². The Morgan fingerprint density at radius 2 is 1.92 bits per heavy atom. The highest BCUT2D eigenvalue weighted by molar-refractivity contribution is 7.90. The molecule has 1 unspecified atom stereocenters. The summed E-state index contributed by atoms with van der Waals surface area (Å²) in [6.45, 7) is 0.557. The lowest BCUT2D eigenvalue weighted by Crippen LogP contribution is -2.42. The smallest absolute Gasteiger partial charge is 0.264 e. The molecule has 1 aromatic heterocycles. The molecule has 3 rings (SSSR count). The Bertz CT molecular complexity index is 874. The standard InChI is InChI=1S/C17H18N2O4S2/c1-25(22,23)13-8-6-12(7-9-13)18-16(20)14-4-2-10-19(14)17(21)15-5-3-11-24-15/h3,5-9,11,14H,2,4,10H2,1H3,(H,18,20). The van der Waals surface area contributed by atoms with Gasteiger partial charge in [-0.25, -0.2) is 8.42 Å². The molecule has 8 heteroatoms. The van der Waals surface area contributed by atoms with Gasteiger partial charge in [0.1, 0.15) is 6.04 Å². The van der Waals surface area contributed by atoms with E-state index in [0.717, 1.165) is 12.7 Å². The molecule has 0 bridgehead atoms. The molecule has 0 aliphatic carbocycles. The third-order valence-corrected chi connectivity index (χ3v) is 6.08. The summed E-state index contributed by atoms with van der Waals surface area (Å²) in [7, 11) is -3.27. The van der Waals surface area contributed by atoms with E-state index in [1.807, 2.05) is 11.4 Å². The van der Waals surface area contributed by atoms with Crippen LogP contribution in [0.2, 0.25) is 0 Å². The van der Waals surface area contributed by atoms with Crippen LogP contribution in [0.3, 0.4) is 0 Å². The molecule has 2 amide bonds.